The molecule has 1 aliphatic heterocycles. The van der Waals surface area contributed by atoms with E-state index in [1.807, 2.05) is 32.0 Å². The second-order valence-electron chi connectivity index (χ2n) is 5.37. The van der Waals surface area contributed by atoms with E-state index >= 15 is 0 Å². The van der Waals surface area contributed by atoms with Gasteiger partial charge in [0, 0.05) is 12.7 Å². The summed E-state index contributed by atoms with van der Waals surface area (Å²) in [5, 5.41) is 0. The number of ether oxygens (including phenoxy) is 3. The summed E-state index contributed by atoms with van der Waals surface area (Å²) in [6.45, 7) is 4.79. The third-order valence-electron chi connectivity index (χ3n) is 3.26. The van der Waals surface area contributed by atoms with Crippen LogP contribution in [0, 0.1) is 0 Å². The molecule has 5 nitrogen and oxygen atoms in total. The maximum Gasteiger partial charge on any atom is 0.266 e. The second-order valence-corrected chi connectivity index (χ2v) is 7.05. The van der Waals surface area contributed by atoms with Crippen molar-refractivity contribution in [1.82, 2.24) is 4.90 Å². The van der Waals surface area contributed by atoms with Crippen LogP contribution < -0.4 is 9.47 Å². The first kappa shape index (κ1) is 18.8. The van der Waals surface area contributed by atoms with Crippen molar-refractivity contribution in [1.29, 1.82) is 0 Å². The van der Waals surface area contributed by atoms with E-state index in [0.29, 0.717) is 33.9 Å². The van der Waals surface area contributed by atoms with Gasteiger partial charge in [-0.15, -0.1) is 0 Å². The average Bonchev–Trinajstić information content (AvgIpc) is 2.80. The number of para-hydroxylation sites is 1. The molecule has 1 fully saturated rings. The Morgan fingerprint density at radius 3 is 2.71 bits per heavy atom. The minimum Gasteiger partial charge on any atom is -0.493 e. The number of carbonyl (C=O) groups excluding carboxylic acids is 1. The van der Waals surface area contributed by atoms with E-state index < -0.39 is 0 Å². The number of thioether (sulfide) groups is 1. The van der Waals surface area contributed by atoms with Crippen molar-refractivity contribution >= 4 is 40.3 Å². The van der Waals surface area contributed by atoms with Gasteiger partial charge in [0.25, 0.3) is 5.91 Å². The fourth-order valence-corrected chi connectivity index (χ4v) is 3.49. The molecule has 1 aromatic carbocycles. The van der Waals surface area contributed by atoms with E-state index in [1.165, 1.54) is 11.8 Å². The van der Waals surface area contributed by atoms with Gasteiger partial charge in [0.15, 0.2) is 11.5 Å². The summed E-state index contributed by atoms with van der Waals surface area (Å²) in [7, 11) is 3.19. The van der Waals surface area contributed by atoms with Gasteiger partial charge in [-0.25, -0.2) is 0 Å². The Morgan fingerprint density at radius 2 is 2.08 bits per heavy atom. The normalized spacial score (nSPS) is 16.4. The molecule has 0 bridgehead atoms. The minimum atomic E-state index is -0.111. The number of nitrogens with zero attached hydrogens (tertiary/aromatic N) is 1. The fraction of sp³-hybridized carbons (Fsp3) is 0.412. The third-order valence-corrected chi connectivity index (χ3v) is 4.64. The number of methoxy groups -OCH3 is 2. The molecule has 0 N–H and O–H groups in total. The lowest BCUT2D eigenvalue weighted by atomic mass is 10.1. The Hall–Kier alpha value is -1.57. The van der Waals surface area contributed by atoms with Crippen LogP contribution in [-0.2, 0) is 9.53 Å². The summed E-state index contributed by atoms with van der Waals surface area (Å²) >= 11 is 6.58. The van der Waals surface area contributed by atoms with Gasteiger partial charge in [-0.05, 0) is 26.0 Å². The van der Waals surface area contributed by atoms with Crippen LogP contribution in [0.2, 0.25) is 0 Å². The molecule has 0 radical (unpaired) electrons. The monoisotopic (exact) mass is 367 g/mol. The van der Waals surface area contributed by atoms with E-state index in [9.17, 15) is 4.79 Å². The van der Waals surface area contributed by atoms with Gasteiger partial charge in [0.1, 0.15) is 4.32 Å². The summed E-state index contributed by atoms with van der Waals surface area (Å²) in [5.41, 5.74) is 0.787. The molecule has 130 valence electrons. The first-order chi connectivity index (χ1) is 11.5. The van der Waals surface area contributed by atoms with Crippen molar-refractivity contribution in [2.75, 3.05) is 27.4 Å². The van der Waals surface area contributed by atoms with E-state index in [4.69, 9.17) is 26.4 Å². The Morgan fingerprint density at radius 1 is 1.33 bits per heavy atom. The summed E-state index contributed by atoms with van der Waals surface area (Å²) < 4.78 is 16.8. The molecule has 1 aliphatic rings. The topological polar surface area (TPSA) is 48.0 Å². The molecule has 0 spiro atoms. The number of thiocarbonyl (C=S) groups is 1. The predicted molar refractivity (Wildman–Crippen MR) is 101 cm³/mol. The van der Waals surface area contributed by atoms with Crippen molar-refractivity contribution in [3.63, 3.8) is 0 Å². The molecule has 0 atom stereocenters. The largest absolute Gasteiger partial charge is 0.493 e. The molecular formula is C17H21NO4S2. The van der Waals surface area contributed by atoms with Crippen molar-refractivity contribution in [3.05, 3.63) is 28.7 Å². The van der Waals surface area contributed by atoms with Gasteiger partial charge >= 0.3 is 0 Å². The maximum absolute atomic E-state index is 12.5. The van der Waals surface area contributed by atoms with Gasteiger partial charge < -0.3 is 14.2 Å². The number of carbonyl (C=O) groups is 1. The second kappa shape index (κ2) is 8.50. The van der Waals surface area contributed by atoms with Crippen LogP contribution in [0.3, 0.4) is 0 Å². The summed E-state index contributed by atoms with van der Waals surface area (Å²) in [6.07, 6.45) is 1.79. The Bertz CT molecular complexity index is 658. The molecule has 0 aliphatic carbocycles. The smallest absolute Gasteiger partial charge is 0.266 e. The summed E-state index contributed by atoms with van der Waals surface area (Å²) in [6, 6.07) is 5.59. The highest BCUT2D eigenvalue weighted by molar-refractivity contribution is 8.26. The van der Waals surface area contributed by atoms with Gasteiger partial charge in [0.05, 0.1) is 31.3 Å². The Labute approximate surface area is 151 Å². The zero-order valence-electron chi connectivity index (χ0n) is 14.2. The molecule has 0 aromatic heterocycles. The first-order valence-electron chi connectivity index (χ1n) is 7.56. The first-order valence-corrected chi connectivity index (χ1v) is 8.78. The predicted octanol–water partition coefficient (Wildman–Crippen LogP) is 3.33. The molecule has 1 saturated heterocycles. The number of benzene rings is 1. The lowest BCUT2D eigenvalue weighted by Crippen LogP contribution is -2.31. The Balaban J connectivity index is 2.34. The fourth-order valence-electron chi connectivity index (χ4n) is 2.19. The van der Waals surface area contributed by atoms with E-state index in [-0.39, 0.29) is 12.0 Å². The average molecular weight is 367 g/mol. The van der Waals surface area contributed by atoms with Crippen LogP contribution in [0.5, 0.6) is 11.5 Å². The highest BCUT2D eigenvalue weighted by atomic mass is 32.2. The lowest BCUT2D eigenvalue weighted by Gasteiger charge is -2.16. The van der Waals surface area contributed by atoms with Gasteiger partial charge in [0.2, 0.25) is 0 Å². The molecule has 1 heterocycles. The number of hydrogen-bond acceptors (Lipinski definition) is 6. The Kier molecular flexibility index (Phi) is 6.65. The quantitative estimate of drug-likeness (QED) is 0.544. The zero-order valence-corrected chi connectivity index (χ0v) is 15.8. The molecule has 0 saturated carbocycles. The molecule has 0 unspecified atom stereocenters. The molecule has 1 amide bonds. The summed E-state index contributed by atoms with van der Waals surface area (Å²) in [4.78, 5) is 14.7. The number of hydrogen-bond donors (Lipinski definition) is 0. The van der Waals surface area contributed by atoms with Crippen LogP contribution in [0.1, 0.15) is 19.4 Å². The molecule has 2 rings (SSSR count). The minimum absolute atomic E-state index is 0.00957. The van der Waals surface area contributed by atoms with Crippen LogP contribution in [0.25, 0.3) is 6.08 Å². The van der Waals surface area contributed by atoms with E-state index in [2.05, 4.69) is 0 Å². The molecule has 7 heteroatoms. The summed E-state index contributed by atoms with van der Waals surface area (Å²) in [5.74, 6) is 1.14. The number of amides is 1. The van der Waals surface area contributed by atoms with Crippen LogP contribution >= 0.6 is 24.0 Å². The van der Waals surface area contributed by atoms with Gasteiger partial charge in [-0.1, -0.05) is 36.1 Å². The van der Waals surface area contributed by atoms with Crippen molar-refractivity contribution in [2.45, 2.75) is 20.0 Å². The van der Waals surface area contributed by atoms with Crippen molar-refractivity contribution in [2.24, 2.45) is 0 Å². The third kappa shape index (κ3) is 4.28. The van der Waals surface area contributed by atoms with Crippen LogP contribution in [-0.4, -0.2) is 48.6 Å². The molecular weight excluding hydrogens is 346 g/mol. The number of rotatable bonds is 7. The maximum atomic E-state index is 12.5. The van der Waals surface area contributed by atoms with Crippen LogP contribution in [0.4, 0.5) is 0 Å². The van der Waals surface area contributed by atoms with Crippen molar-refractivity contribution in [3.8, 4) is 11.5 Å². The SMILES string of the molecule is COCCN1C(=O)C(=Cc2cccc(OC)c2OC(C)C)SC1=S. The van der Waals surface area contributed by atoms with Crippen LogP contribution in [0.15, 0.2) is 23.1 Å². The van der Waals surface area contributed by atoms with Crippen molar-refractivity contribution < 1.29 is 19.0 Å². The zero-order chi connectivity index (χ0) is 17.7. The standard InChI is InChI=1S/C17H21NO4S2/c1-11(2)22-15-12(6-5-7-13(15)21-4)10-14-16(19)18(8-9-20-3)17(23)24-14/h5-7,10-11H,8-9H2,1-4H3. The lowest BCUT2D eigenvalue weighted by molar-refractivity contribution is -0.122. The van der Waals surface area contributed by atoms with E-state index in [0.717, 1.165) is 5.56 Å². The molecule has 1 aromatic rings. The van der Waals surface area contributed by atoms with E-state index in [1.54, 1.807) is 25.2 Å². The highest BCUT2D eigenvalue weighted by Gasteiger charge is 2.32. The highest BCUT2D eigenvalue weighted by Crippen LogP contribution is 2.37. The van der Waals surface area contributed by atoms with Gasteiger partial charge in [-0.2, -0.15) is 0 Å². The molecule has 24 heavy (non-hydrogen) atoms. The van der Waals surface area contributed by atoms with Gasteiger partial charge in [-0.3, -0.25) is 9.69 Å².